The van der Waals surface area contributed by atoms with E-state index in [1.165, 1.54) is 0 Å². The standard InChI is InChI=1S/C21H26FN5O2.C2H6/c1-12-10-17(23-2)27-21(25-12)26-15-11-14-16(28)6-9-29-20(14)18(19(15)22)13-4-3-7-24-8-5-13;1-2/h5,10-11,16,24,28H,3-4,6-9H2,1-2H3,(H2,23,25,26,27);1-2H3. The Balaban J connectivity index is 0.00000132. The van der Waals surface area contributed by atoms with Gasteiger partial charge >= 0.3 is 0 Å². The zero-order valence-electron chi connectivity index (χ0n) is 18.7. The Morgan fingerprint density at radius 3 is 2.84 bits per heavy atom. The van der Waals surface area contributed by atoms with Gasteiger partial charge in [0.05, 0.1) is 24.0 Å². The van der Waals surface area contributed by atoms with Gasteiger partial charge in [0.2, 0.25) is 5.95 Å². The van der Waals surface area contributed by atoms with E-state index in [9.17, 15) is 5.11 Å². The molecule has 2 aliphatic heterocycles. The van der Waals surface area contributed by atoms with Gasteiger partial charge < -0.3 is 25.8 Å². The van der Waals surface area contributed by atoms with Crippen LogP contribution >= 0.6 is 0 Å². The first-order valence-corrected chi connectivity index (χ1v) is 10.9. The molecule has 0 fully saturated rings. The zero-order valence-corrected chi connectivity index (χ0v) is 18.7. The van der Waals surface area contributed by atoms with Crippen molar-refractivity contribution in [2.24, 2.45) is 0 Å². The number of rotatable bonds is 4. The van der Waals surface area contributed by atoms with E-state index < -0.39 is 11.9 Å². The number of hydrogen-bond acceptors (Lipinski definition) is 7. The zero-order chi connectivity index (χ0) is 22.4. The lowest BCUT2D eigenvalue weighted by Gasteiger charge is -2.27. The monoisotopic (exact) mass is 429 g/mol. The van der Waals surface area contributed by atoms with Crippen molar-refractivity contribution >= 4 is 23.0 Å². The minimum absolute atomic E-state index is 0.231. The average Bonchev–Trinajstić information content (AvgIpc) is 3.05. The molecule has 0 radical (unpaired) electrons. The molecular weight excluding hydrogens is 397 g/mol. The molecule has 0 saturated carbocycles. The van der Waals surface area contributed by atoms with Crippen LogP contribution in [0, 0.1) is 12.7 Å². The van der Waals surface area contributed by atoms with Crippen LogP contribution in [-0.2, 0) is 0 Å². The summed E-state index contributed by atoms with van der Waals surface area (Å²) >= 11 is 0. The number of hydrogen-bond donors (Lipinski definition) is 4. The molecule has 168 valence electrons. The van der Waals surface area contributed by atoms with Crippen molar-refractivity contribution in [1.82, 2.24) is 15.3 Å². The Hall–Kier alpha value is -2.71. The Bertz CT molecular complexity index is 948. The van der Waals surface area contributed by atoms with Crippen LogP contribution in [0.3, 0.4) is 0 Å². The van der Waals surface area contributed by atoms with Crippen molar-refractivity contribution in [3.8, 4) is 5.75 Å². The Labute approximate surface area is 183 Å². The molecule has 0 amide bonds. The number of aliphatic hydroxyl groups excluding tert-OH is 1. The molecule has 1 unspecified atom stereocenters. The number of nitrogens with zero attached hydrogens (tertiary/aromatic N) is 2. The Morgan fingerprint density at radius 1 is 1.26 bits per heavy atom. The fourth-order valence-electron chi connectivity index (χ4n) is 3.78. The Kier molecular flexibility index (Phi) is 7.81. The molecule has 0 saturated heterocycles. The lowest BCUT2D eigenvalue weighted by molar-refractivity contribution is 0.115. The molecule has 0 spiro atoms. The third-order valence-electron chi connectivity index (χ3n) is 5.21. The van der Waals surface area contributed by atoms with E-state index in [0.717, 1.165) is 30.7 Å². The van der Waals surface area contributed by atoms with Gasteiger partial charge in [-0.1, -0.05) is 19.9 Å². The van der Waals surface area contributed by atoms with Crippen LogP contribution in [0.5, 0.6) is 5.75 Å². The van der Waals surface area contributed by atoms with Crippen molar-refractivity contribution in [3.05, 3.63) is 40.8 Å². The molecule has 2 aliphatic rings. The van der Waals surface area contributed by atoms with Crippen LogP contribution in [0.25, 0.3) is 5.57 Å². The molecule has 0 bridgehead atoms. The summed E-state index contributed by atoms with van der Waals surface area (Å²) in [4.78, 5) is 8.72. The van der Waals surface area contributed by atoms with Crippen molar-refractivity contribution in [3.63, 3.8) is 0 Å². The quantitative estimate of drug-likeness (QED) is 0.575. The lowest BCUT2D eigenvalue weighted by Crippen LogP contribution is -2.17. The van der Waals surface area contributed by atoms with E-state index in [1.54, 1.807) is 19.2 Å². The number of ether oxygens (including phenoxy) is 1. The van der Waals surface area contributed by atoms with Gasteiger partial charge in [-0.05, 0) is 37.9 Å². The van der Waals surface area contributed by atoms with Gasteiger partial charge in [-0.3, -0.25) is 0 Å². The van der Waals surface area contributed by atoms with Crippen molar-refractivity contribution < 1.29 is 14.2 Å². The maximum absolute atomic E-state index is 15.7. The molecule has 7 nitrogen and oxygen atoms in total. The summed E-state index contributed by atoms with van der Waals surface area (Å²) < 4.78 is 21.5. The number of benzene rings is 1. The largest absolute Gasteiger partial charge is 0.492 e. The molecule has 8 heteroatoms. The summed E-state index contributed by atoms with van der Waals surface area (Å²) in [5.41, 5.74) is 2.90. The van der Waals surface area contributed by atoms with Gasteiger partial charge in [0, 0.05) is 37.3 Å². The Morgan fingerprint density at radius 2 is 2.06 bits per heavy atom. The van der Waals surface area contributed by atoms with Gasteiger partial charge in [-0.2, -0.15) is 4.98 Å². The van der Waals surface area contributed by atoms with Crippen LogP contribution in [0.15, 0.2) is 18.2 Å². The van der Waals surface area contributed by atoms with Crippen LogP contribution in [0.4, 0.5) is 21.8 Å². The molecule has 1 aromatic carbocycles. The molecule has 1 aromatic heterocycles. The van der Waals surface area contributed by atoms with Crippen LogP contribution < -0.4 is 20.7 Å². The number of aromatic nitrogens is 2. The van der Waals surface area contributed by atoms with Gasteiger partial charge in [-0.25, -0.2) is 9.37 Å². The predicted octanol–water partition coefficient (Wildman–Crippen LogP) is 4.32. The number of aryl methyl sites for hydroxylation is 1. The number of allylic oxidation sites excluding steroid dienone is 1. The average molecular weight is 430 g/mol. The highest BCUT2D eigenvalue weighted by molar-refractivity contribution is 5.78. The summed E-state index contributed by atoms with van der Waals surface area (Å²) in [5, 5.41) is 19.8. The van der Waals surface area contributed by atoms with E-state index in [1.807, 2.05) is 26.8 Å². The number of fused-ring (bicyclic) bond motifs is 1. The molecule has 4 rings (SSSR count). The van der Waals surface area contributed by atoms with Gasteiger partial charge in [0.25, 0.3) is 0 Å². The minimum atomic E-state index is -0.700. The summed E-state index contributed by atoms with van der Waals surface area (Å²) in [6, 6.07) is 3.42. The number of aliphatic hydroxyl groups is 1. The summed E-state index contributed by atoms with van der Waals surface area (Å²) in [7, 11) is 1.77. The third-order valence-corrected chi connectivity index (χ3v) is 5.21. The highest BCUT2D eigenvalue weighted by atomic mass is 19.1. The molecule has 31 heavy (non-hydrogen) atoms. The SMILES string of the molecule is CC.CNc1cc(C)nc(Nc2cc3c(c(C4=CCNCCC4)c2F)OCCC3O)n1. The van der Waals surface area contributed by atoms with Gasteiger partial charge in [0.15, 0.2) is 5.82 Å². The smallest absolute Gasteiger partial charge is 0.229 e. The maximum Gasteiger partial charge on any atom is 0.229 e. The highest BCUT2D eigenvalue weighted by Gasteiger charge is 2.29. The van der Waals surface area contributed by atoms with E-state index in [-0.39, 0.29) is 5.69 Å². The fourth-order valence-corrected chi connectivity index (χ4v) is 3.78. The minimum Gasteiger partial charge on any atom is -0.492 e. The lowest BCUT2D eigenvalue weighted by atomic mass is 9.92. The molecule has 4 N–H and O–H groups in total. The molecule has 2 aromatic rings. The third kappa shape index (κ3) is 5.14. The highest BCUT2D eigenvalue weighted by Crippen LogP contribution is 2.44. The molecule has 1 atom stereocenters. The van der Waals surface area contributed by atoms with E-state index in [4.69, 9.17) is 4.74 Å². The van der Waals surface area contributed by atoms with Crippen LogP contribution in [0.1, 0.15) is 56.0 Å². The number of anilines is 3. The van der Waals surface area contributed by atoms with E-state index in [0.29, 0.717) is 48.2 Å². The van der Waals surface area contributed by atoms with Crippen molar-refractivity contribution in [2.75, 3.05) is 37.4 Å². The molecule has 0 aliphatic carbocycles. The van der Waals surface area contributed by atoms with E-state index >= 15 is 4.39 Å². The second-order valence-corrected chi connectivity index (χ2v) is 7.31. The number of nitrogens with one attached hydrogen (secondary N) is 3. The molecule has 3 heterocycles. The van der Waals surface area contributed by atoms with Crippen molar-refractivity contribution in [1.29, 1.82) is 0 Å². The van der Waals surface area contributed by atoms with Gasteiger partial charge in [-0.15, -0.1) is 0 Å². The first-order chi connectivity index (χ1) is 15.1. The number of halogens is 1. The van der Waals surface area contributed by atoms with Crippen LogP contribution in [0.2, 0.25) is 0 Å². The first-order valence-electron chi connectivity index (χ1n) is 10.9. The summed E-state index contributed by atoms with van der Waals surface area (Å²) in [6.45, 7) is 7.78. The van der Waals surface area contributed by atoms with E-state index in [2.05, 4.69) is 25.9 Å². The fraction of sp³-hybridized carbons (Fsp3) is 0.478. The summed E-state index contributed by atoms with van der Waals surface area (Å²) in [6.07, 6.45) is 3.43. The van der Waals surface area contributed by atoms with Gasteiger partial charge in [0.1, 0.15) is 11.6 Å². The molecular formula is C23H32FN5O2. The second kappa shape index (κ2) is 10.5. The maximum atomic E-state index is 15.7. The van der Waals surface area contributed by atoms with Crippen molar-refractivity contribution in [2.45, 2.75) is 46.1 Å². The summed E-state index contributed by atoms with van der Waals surface area (Å²) in [5.74, 6) is 0.963. The first kappa shape index (κ1) is 23.0. The predicted molar refractivity (Wildman–Crippen MR) is 122 cm³/mol. The second-order valence-electron chi connectivity index (χ2n) is 7.31. The topological polar surface area (TPSA) is 91.3 Å². The van der Waals surface area contributed by atoms with Crippen LogP contribution in [-0.4, -0.2) is 41.8 Å². The normalized spacial score (nSPS) is 17.9.